The Balaban J connectivity index is 1.69. The SMILES string of the molecule is O=C1OC(c2ccccc2OC(F)F)=N/C1=C\c1cnc2ccccc2n1. The number of hydrogen-bond acceptors (Lipinski definition) is 6. The second-order valence-corrected chi connectivity index (χ2v) is 5.49. The molecule has 0 saturated carbocycles. The maximum atomic E-state index is 12.6. The Kier molecular flexibility index (Phi) is 4.29. The van der Waals surface area contributed by atoms with E-state index in [0.29, 0.717) is 11.2 Å². The number of benzene rings is 2. The lowest BCUT2D eigenvalue weighted by Gasteiger charge is -2.08. The summed E-state index contributed by atoms with van der Waals surface area (Å²) < 4.78 is 34.7. The molecule has 2 heterocycles. The Labute approximate surface area is 151 Å². The number of aromatic nitrogens is 2. The van der Waals surface area contributed by atoms with Gasteiger partial charge in [0.2, 0.25) is 5.90 Å². The fraction of sp³-hybridized carbons (Fsp3) is 0.0526. The van der Waals surface area contributed by atoms with Crippen LogP contribution in [0.2, 0.25) is 0 Å². The van der Waals surface area contributed by atoms with Gasteiger partial charge in [-0.3, -0.25) is 4.98 Å². The van der Waals surface area contributed by atoms with Gasteiger partial charge in [0.15, 0.2) is 5.70 Å². The minimum atomic E-state index is -3.01. The number of carbonyl (C=O) groups is 1. The number of para-hydroxylation sites is 3. The summed E-state index contributed by atoms with van der Waals surface area (Å²) in [4.78, 5) is 24.9. The molecule has 0 unspecified atom stereocenters. The molecule has 6 nitrogen and oxygen atoms in total. The summed E-state index contributed by atoms with van der Waals surface area (Å²) in [6, 6.07) is 13.2. The van der Waals surface area contributed by atoms with Crippen molar-refractivity contribution in [2.24, 2.45) is 4.99 Å². The topological polar surface area (TPSA) is 73.7 Å². The van der Waals surface area contributed by atoms with Crippen LogP contribution < -0.4 is 4.74 Å². The fourth-order valence-corrected chi connectivity index (χ4v) is 2.55. The second kappa shape index (κ2) is 6.91. The zero-order valence-corrected chi connectivity index (χ0v) is 13.7. The van der Waals surface area contributed by atoms with Gasteiger partial charge in [-0.05, 0) is 30.3 Å². The number of carbonyl (C=O) groups excluding carboxylic acids is 1. The van der Waals surface area contributed by atoms with Crippen molar-refractivity contribution in [3.63, 3.8) is 0 Å². The number of rotatable bonds is 4. The molecular formula is C19H11F2N3O3. The van der Waals surface area contributed by atoms with E-state index in [0.717, 1.165) is 5.52 Å². The molecule has 0 fully saturated rings. The van der Waals surface area contributed by atoms with Crippen LogP contribution in [-0.2, 0) is 9.53 Å². The van der Waals surface area contributed by atoms with Crippen molar-refractivity contribution in [3.8, 4) is 5.75 Å². The number of aliphatic imine (C=N–C) groups is 1. The van der Waals surface area contributed by atoms with Crippen molar-refractivity contribution in [2.45, 2.75) is 6.61 Å². The third kappa shape index (κ3) is 3.50. The van der Waals surface area contributed by atoms with E-state index >= 15 is 0 Å². The molecule has 0 bridgehead atoms. The van der Waals surface area contributed by atoms with Crippen molar-refractivity contribution in [1.29, 1.82) is 0 Å². The Morgan fingerprint density at radius 3 is 2.59 bits per heavy atom. The summed E-state index contributed by atoms with van der Waals surface area (Å²) in [7, 11) is 0. The minimum Gasteiger partial charge on any atom is -0.434 e. The van der Waals surface area contributed by atoms with Crippen molar-refractivity contribution in [1.82, 2.24) is 9.97 Å². The highest BCUT2D eigenvalue weighted by Crippen LogP contribution is 2.26. The molecule has 3 aromatic rings. The standard InChI is InChI=1S/C19H11F2N3O3/c20-19(21)26-16-8-4-1-5-12(16)17-24-15(18(25)27-17)9-11-10-22-13-6-2-3-7-14(13)23-11/h1-10,19H/b15-9-. The Morgan fingerprint density at radius 2 is 1.78 bits per heavy atom. The van der Waals surface area contributed by atoms with Crippen molar-refractivity contribution in [3.05, 3.63) is 71.7 Å². The number of fused-ring (bicyclic) bond motifs is 1. The Morgan fingerprint density at radius 1 is 1.04 bits per heavy atom. The van der Waals surface area contributed by atoms with Crippen LogP contribution in [0.25, 0.3) is 17.1 Å². The number of alkyl halides is 2. The normalized spacial score (nSPS) is 15.3. The monoisotopic (exact) mass is 367 g/mol. The van der Waals surface area contributed by atoms with Crippen LogP contribution in [0, 0.1) is 0 Å². The lowest BCUT2D eigenvalue weighted by Crippen LogP contribution is -2.10. The summed E-state index contributed by atoms with van der Waals surface area (Å²) in [5.41, 5.74) is 1.94. The second-order valence-electron chi connectivity index (χ2n) is 5.49. The Hall–Kier alpha value is -3.68. The first-order valence-electron chi connectivity index (χ1n) is 7.89. The van der Waals surface area contributed by atoms with E-state index in [4.69, 9.17) is 4.74 Å². The van der Waals surface area contributed by atoms with Crippen molar-refractivity contribution >= 4 is 29.0 Å². The highest BCUT2D eigenvalue weighted by molar-refractivity contribution is 6.13. The smallest absolute Gasteiger partial charge is 0.387 e. The molecule has 1 aliphatic heterocycles. The predicted octanol–water partition coefficient (Wildman–Crippen LogP) is 3.58. The third-order valence-corrected chi connectivity index (χ3v) is 3.71. The van der Waals surface area contributed by atoms with Crippen LogP contribution in [0.3, 0.4) is 0 Å². The van der Waals surface area contributed by atoms with E-state index in [-0.39, 0.29) is 22.9 Å². The van der Waals surface area contributed by atoms with E-state index in [1.54, 1.807) is 12.1 Å². The highest BCUT2D eigenvalue weighted by Gasteiger charge is 2.27. The van der Waals surface area contributed by atoms with Crippen LogP contribution >= 0.6 is 0 Å². The van der Waals surface area contributed by atoms with Gasteiger partial charge >= 0.3 is 12.6 Å². The summed E-state index contributed by atoms with van der Waals surface area (Å²) in [5, 5.41) is 0. The average molecular weight is 367 g/mol. The predicted molar refractivity (Wildman–Crippen MR) is 93.2 cm³/mol. The average Bonchev–Trinajstić information content (AvgIpc) is 3.02. The zero-order valence-electron chi connectivity index (χ0n) is 13.7. The molecule has 0 radical (unpaired) electrons. The number of nitrogens with zero attached hydrogens (tertiary/aromatic N) is 3. The highest BCUT2D eigenvalue weighted by atomic mass is 19.3. The number of ether oxygens (including phenoxy) is 2. The van der Waals surface area contributed by atoms with Gasteiger partial charge in [-0.25, -0.2) is 14.8 Å². The molecule has 1 aliphatic rings. The first-order valence-corrected chi connectivity index (χ1v) is 7.89. The summed E-state index contributed by atoms with van der Waals surface area (Å²) in [6.07, 6.45) is 2.93. The van der Waals surface area contributed by atoms with Gasteiger partial charge in [-0.2, -0.15) is 8.78 Å². The van der Waals surface area contributed by atoms with Crippen LogP contribution in [0.5, 0.6) is 5.75 Å². The molecule has 4 rings (SSSR count). The molecular weight excluding hydrogens is 356 g/mol. The molecule has 0 spiro atoms. The largest absolute Gasteiger partial charge is 0.434 e. The van der Waals surface area contributed by atoms with Gasteiger partial charge in [-0.15, -0.1) is 0 Å². The van der Waals surface area contributed by atoms with Crippen molar-refractivity contribution in [2.75, 3.05) is 0 Å². The molecule has 8 heteroatoms. The summed E-state index contributed by atoms with van der Waals surface area (Å²) in [6.45, 7) is -3.01. The molecule has 134 valence electrons. The fourth-order valence-electron chi connectivity index (χ4n) is 2.55. The molecule has 2 aromatic carbocycles. The first-order chi connectivity index (χ1) is 13.1. The van der Waals surface area contributed by atoms with E-state index in [1.165, 1.54) is 30.5 Å². The van der Waals surface area contributed by atoms with Gasteiger partial charge in [0.1, 0.15) is 5.75 Å². The number of halogens is 2. The van der Waals surface area contributed by atoms with Gasteiger partial charge in [0, 0.05) is 0 Å². The minimum absolute atomic E-state index is 0.0126. The zero-order chi connectivity index (χ0) is 18.8. The maximum Gasteiger partial charge on any atom is 0.387 e. The van der Waals surface area contributed by atoms with E-state index < -0.39 is 12.6 Å². The van der Waals surface area contributed by atoms with Crippen LogP contribution in [-0.4, -0.2) is 28.4 Å². The summed E-state index contributed by atoms with van der Waals surface area (Å²) in [5.74, 6) is -0.964. The van der Waals surface area contributed by atoms with Crippen LogP contribution in [0.1, 0.15) is 11.3 Å². The van der Waals surface area contributed by atoms with Gasteiger partial charge in [0.25, 0.3) is 0 Å². The van der Waals surface area contributed by atoms with Gasteiger partial charge < -0.3 is 9.47 Å². The maximum absolute atomic E-state index is 12.6. The van der Waals surface area contributed by atoms with Gasteiger partial charge in [-0.1, -0.05) is 24.3 Å². The molecule has 27 heavy (non-hydrogen) atoms. The molecule has 0 aliphatic carbocycles. The van der Waals surface area contributed by atoms with Gasteiger partial charge in [0.05, 0.1) is 28.5 Å². The third-order valence-electron chi connectivity index (χ3n) is 3.71. The lowest BCUT2D eigenvalue weighted by molar-refractivity contribution is -0.129. The number of hydrogen-bond donors (Lipinski definition) is 0. The van der Waals surface area contributed by atoms with Crippen molar-refractivity contribution < 1.29 is 23.0 Å². The first kappa shape index (κ1) is 16.8. The molecule has 1 aromatic heterocycles. The van der Waals surface area contributed by atoms with E-state index in [2.05, 4.69) is 19.7 Å². The Bertz CT molecular complexity index is 1100. The van der Waals surface area contributed by atoms with Crippen LogP contribution in [0.4, 0.5) is 8.78 Å². The molecule has 0 saturated heterocycles. The molecule has 0 atom stereocenters. The number of esters is 1. The van der Waals surface area contributed by atoms with E-state index in [1.807, 2.05) is 18.2 Å². The molecule has 0 N–H and O–H groups in total. The lowest BCUT2D eigenvalue weighted by atomic mass is 10.2. The van der Waals surface area contributed by atoms with Crippen LogP contribution in [0.15, 0.2) is 65.4 Å². The number of cyclic esters (lactones) is 1. The molecule has 0 amide bonds. The quantitative estimate of drug-likeness (QED) is 0.521. The summed E-state index contributed by atoms with van der Waals surface area (Å²) >= 11 is 0. The van der Waals surface area contributed by atoms with E-state index in [9.17, 15) is 13.6 Å².